The van der Waals surface area contributed by atoms with Crippen molar-refractivity contribution < 1.29 is 0 Å². The molecular weight excluding hydrogens is 763 g/mol. The van der Waals surface area contributed by atoms with Gasteiger partial charge in [-0.3, -0.25) is 4.57 Å². The lowest BCUT2D eigenvalue weighted by Crippen LogP contribution is -2.11. The van der Waals surface area contributed by atoms with Crippen LogP contribution in [0, 0.1) is 0 Å². The van der Waals surface area contributed by atoms with Crippen LogP contribution in [-0.2, 0) is 0 Å². The van der Waals surface area contributed by atoms with E-state index < -0.39 is 0 Å². The van der Waals surface area contributed by atoms with Gasteiger partial charge < -0.3 is 4.57 Å². The molecule has 5 nitrogen and oxygen atoms in total. The summed E-state index contributed by atoms with van der Waals surface area (Å²) in [6.07, 6.45) is 9.42. The number of para-hydroxylation sites is 2. The van der Waals surface area contributed by atoms with E-state index in [1.807, 2.05) is 29.5 Å². The molecule has 0 bridgehead atoms. The first-order valence-electron chi connectivity index (χ1n) is 20.8. The number of allylic oxidation sites excluding steroid dienone is 4. The number of thiophene rings is 1. The van der Waals surface area contributed by atoms with Crippen molar-refractivity contribution in [1.82, 2.24) is 24.1 Å². The number of aromatic nitrogens is 5. The van der Waals surface area contributed by atoms with Crippen LogP contribution in [0.15, 0.2) is 194 Å². The lowest BCUT2D eigenvalue weighted by molar-refractivity contribution is 0.750. The molecule has 4 aromatic heterocycles. The molecule has 1 unspecified atom stereocenters. The second-order valence-corrected chi connectivity index (χ2v) is 16.9. The predicted octanol–water partition coefficient (Wildman–Crippen LogP) is 14.5. The largest absolute Gasteiger partial charge is 0.309 e. The van der Waals surface area contributed by atoms with Gasteiger partial charge >= 0.3 is 0 Å². The van der Waals surface area contributed by atoms with E-state index in [2.05, 4.69) is 185 Å². The monoisotopic (exact) mass is 797 g/mol. The van der Waals surface area contributed by atoms with Gasteiger partial charge in [-0.2, -0.15) is 9.97 Å². The maximum Gasteiger partial charge on any atom is 0.238 e. The molecule has 0 radical (unpaired) electrons. The summed E-state index contributed by atoms with van der Waals surface area (Å²) in [5.41, 5.74) is 8.95. The molecule has 1 aliphatic rings. The molecule has 13 rings (SSSR count). The average Bonchev–Trinajstić information content (AvgIpc) is 3.99. The summed E-state index contributed by atoms with van der Waals surface area (Å²) in [6, 6.07) is 61.4. The second-order valence-electron chi connectivity index (χ2n) is 15.9. The maximum atomic E-state index is 5.32. The molecule has 61 heavy (non-hydrogen) atoms. The molecule has 0 amide bonds. The molecule has 0 saturated heterocycles. The summed E-state index contributed by atoms with van der Waals surface area (Å²) in [6.45, 7) is 0. The molecule has 0 spiro atoms. The van der Waals surface area contributed by atoms with Crippen molar-refractivity contribution in [2.75, 3.05) is 0 Å². The van der Waals surface area contributed by atoms with Crippen molar-refractivity contribution in [2.24, 2.45) is 0 Å². The summed E-state index contributed by atoms with van der Waals surface area (Å²) in [4.78, 5) is 15.7. The molecule has 0 N–H and O–H groups in total. The SMILES string of the molecule is C1=CCC(c2nc(-c3ccccc3)nc(-n3c4ccccc4c4c5ccccc5c(-c5ccc6c(c5)c5c7sc8ccccc8c7ccc5n6-c5ccccc5)cc43)n2)C=C1. The minimum absolute atomic E-state index is 0.0517. The first-order valence-corrected chi connectivity index (χ1v) is 21.6. The molecule has 0 saturated carbocycles. The summed E-state index contributed by atoms with van der Waals surface area (Å²) in [5.74, 6) is 2.11. The third-order valence-electron chi connectivity index (χ3n) is 12.5. The number of hydrogen-bond donors (Lipinski definition) is 0. The fourth-order valence-electron chi connectivity index (χ4n) is 9.73. The fraction of sp³-hybridized carbons (Fsp3) is 0.0364. The lowest BCUT2D eigenvalue weighted by Gasteiger charge is -2.16. The number of nitrogens with zero attached hydrogens (tertiary/aromatic N) is 5. The van der Waals surface area contributed by atoms with Crippen LogP contribution < -0.4 is 0 Å². The Morgan fingerprint density at radius 1 is 0.475 bits per heavy atom. The molecule has 8 aromatic carbocycles. The minimum atomic E-state index is 0.0517. The van der Waals surface area contributed by atoms with Crippen LogP contribution in [0.25, 0.3) is 109 Å². The van der Waals surface area contributed by atoms with Crippen LogP contribution in [0.3, 0.4) is 0 Å². The average molecular weight is 798 g/mol. The van der Waals surface area contributed by atoms with E-state index in [1.165, 1.54) is 58.1 Å². The van der Waals surface area contributed by atoms with E-state index in [-0.39, 0.29) is 5.92 Å². The number of fused-ring (bicyclic) bond motifs is 12. The summed E-state index contributed by atoms with van der Waals surface area (Å²) < 4.78 is 7.32. The third kappa shape index (κ3) is 5.22. The van der Waals surface area contributed by atoms with Gasteiger partial charge in [-0.05, 0) is 76.9 Å². The van der Waals surface area contributed by atoms with Crippen LogP contribution in [-0.4, -0.2) is 24.1 Å². The Hall–Kier alpha value is -7.67. The lowest BCUT2D eigenvalue weighted by atomic mass is 9.94. The molecule has 12 aromatic rings. The van der Waals surface area contributed by atoms with Gasteiger partial charge in [-0.25, -0.2) is 4.98 Å². The summed E-state index contributed by atoms with van der Waals surface area (Å²) in [5, 5.41) is 9.88. The predicted molar refractivity (Wildman–Crippen MR) is 255 cm³/mol. The smallest absolute Gasteiger partial charge is 0.238 e. The van der Waals surface area contributed by atoms with Crippen LogP contribution in [0.1, 0.15) is 18.2 Å². The minimum Gasteiger partial charge on any atom is -0.309 e. The quantitative estimate of drug-likeness (QED) is 0.174. The van der Waals surface area contributed by atoms with E-state index in [0.29, 0.717) is 11.8 Å². The van der Waals surface area contributed by atoms with Crippen molar-refractivity contribution in [1.29, 1.82) is 0 Å². The van der Waals surface area contributed by atoms with Crippen molar-refractivity contribution >= 4 is 85.9 Å². The number of hydrogen-bond acceptors (Lipinski definition) is 4. The number of rotatable bonds is 5. The molecular formula is C55H35N5S. The highest BCUT2D eigenvalue weighted by molar-refractivity contribution is 7.26. The normalized spacial score (nSPS) is 14.2. The second kappa shape index (κ2) is 13.4. The Kier molecular flexibility index (Phi) is 7.53. The van der Waals surface area contributed by atoms with Crippen molar-refractivity contribution in [3.8, 4) is 34.2 Å². The zero-order chi connectivity index (χ0) is 40.0. The fourth-order valence-corrected chi connectivity index (χ4v) is 11.0. The molecule has 1 aliphatic carbocycles. The van der Waals surface area contributed by atoms with Gasteiger partial charge in [-0.15, -0.1) is 11.3 Å². The molecule has 0 fully saturated rings. The standard InChI is InChI=1S/C55H35N5S/c1-4-16-34(17-5-1)53-56-54(35-18-6-2-7-19-35)58-55(57-53)60-45-26-14-12-25-42(45)50-40-24-11-10-22-38(40)43(33-48(50)60)36-28-30-46-44(32-36)51-47(59(46)37-20-8-3-9-21-37)31-29-41-39-23-13-15-27-49(39)61-52(41)51/h1-18,20-33,35H,19H2. The zero-order valence-electron chi connectivity index (χ0n) is 32.9. The molecule has 0 aliphatic heterocycles. The Bertz CT molecular complexity index is 3800. The Labute approximate surface area is 354 Å². The van der Waals surface area contributed by atoms with Crippen molar-refractivity contribution in [3.05, 3.63) is 200 Å². The topological polar surface area (TPSA) is 48.5 Å². The van der Waals surface area contributed by atoms with Gasteiger partial charge in [0.05, 0.1) is 22.1 Å². The summed E-state index contributed by atoms with van der Waals surface area (Å²) in [7, 11) is 0. The number of benzene rings is 8. The summed E-state index contributed by atoms with van der Waals surface area (Å²) >= 11 is 1.89. The van der Waals surface area contributed by atoms with Crippen molar-refractivity contribution in [2.45, 2.75) is 12.3 Å². The van der Waals surface area contributed by atoms with E-state index in [9.17, 15) is 0 Å². The maximum absolute atomic E-state index is 5.32. The highest BCUT2D eigenvalue weighted by Gasteiger charge is 2.24. The highest BCUT2D eigenvalue weighted by Crippen LogP contribution is 2.46. The van der Waals surface area contributed by atoms with Crippen LogP contribution in [0.5, 0.6) is 0 Å². The van der Waals surface area contributed by atoms with Gasteiger partial charge in [0.1, 0.15) is 5.82 Å². The van der Waals surface area contributed by atoms with E-state index >= 15 is 0 Å². The van der Waals surface area contributed by atoms with Crippen molar-refractivity contribution in [3.63, 3.8) is 0 Å². The van der Waals surface area contributed by atoms with E-state index in [0.717, 1.165) is 51.0 Å². The van der Waals surface area contributed by atoms with E-state index in [1.54, 1.807) is 0 Å². The first kappa shape index (κ1) is 34.2. The van der Waals surface area contributed by atoms with Gasteiger partial charge in [0, 0.05) is 58.9 Å². The van der Waals surface area contributed by atoms with Gasteiger partial charge in [0.2, 0.25) is 5.95 Å². The van der Waals surface area contributed by atoms with Gasteiger partial charge in [0.15, 0.2) is 5.82 Å². The highest BCUT2D eigenvalue weighted by atomic mass is 32.1. The molecule has 286 valence electrons. The Balaban J connectivity index is 1.12. The molecule has 1 atom stereocenters. The van der Waals surface area contributed by atoms with Gasteiger partial charge in [-0.1, -0.05) is 146 Å². The molecule has 6 heteroatoms. The Morgan fingerprint density at radius 2 is 1.20 bits per heavy atom. The van der Waals surface area contributed by atoms with Crippen LogP contribution in [0.2, 0.25) is 0 Å². The Morgan fingerprint density at radius 3 is 2.03 bits per heavy atom. The third-order valence-corrected chi connectivity index (χ3v) is 13.7. The molecule has 4 heterocycles. The van der Waals surface area contributed by atoms with E-state index in [4.69, 9.17) is 15.0 Å². The zero-order valence-corrected chi connectivity index (χ0v) is 33.7. The van der Waals surface area contributed by atoms with Crippen LogP contribution in [0.4, 0.5) is 0 Å². The first-order chi connectivity index (χ1) is 30.3. The van der Waals surface area contributed by atoms with Crippen LogP contribution >= 0.6 is 11.3 Å². The van der Waals surface area contributed by atoms with Gasteiger partial charge in [0.25, 0.3) is 0 Å².